The Morgan fingerprint density at radius 3 is 2.70 bits per heavy atom. The van der Waals surface area contributed by atoms with Crippen molar-refractivity contribution in [1.82, 2.24) is 0 Å². The maximum absolute atomic E-state index is 12.1. The standard InChI is InChI=1S/C15H20BrNO3/c1-10(20-12-5-3-4-6-12)15(18)17-11-7-8-14(19-2)13(16)9-11/h7-10,12H,3-6H2,1-2H3,(H,17,18)/t10-/m1/s1. The fourth-order valence-electron chi connectivity index (χ4n) is 2.36. The van der Waals surface area contributed by atoms with Crippen LogP contribution >= 0.6 is 15.9 Å². The molecular formula is C15H20BrNO3. The zero-order valence-corrected chi connectivity index (χ0v) is 13.4. The first-order chi connectivity index (χ1) is 9.60. The lowest BCUT2D eigenvalue weighted by atomic mass is 10.2. The molecule has 1 atom stereocenters. The van der Waals surface area contributed by atoms with Crippen LogP contribution in [-0.2, 0) is 9.53 Å². The zero-order chi connectivity index (χ0) is 14.5. The first-order valence-electron chi connectivity index (χ1n) is 6.90. The quantitative estimate of drug-likeness (QED) is 0.887. The van der Waals surface area contributed by atoms with Crippen molar-refractivity contribution in [2.75, 3.05) is 12.4 Å². The molecule has 0 saturated heterocycles. The lowest BCUT2D eigenvalue weighted by Gasteiger charge is -2.18. The minimum Gasteiger partial charge on any atom is -0.496 e. The van der Waals surface area contributed by atoms with Gasteiger partial charge in [0.2, 0.25) is 0 Å². The fraction of sp³-hybridized carbons (Fsp3) is 0.533. The van der Waals surface area contributed by atoms with Crippen molar-refractivity contribution >= 4 is 27.5 Å². The molecule has 4 nitrogen and oxygen atoms in total. The van der Waals surface area contributed by atoms with Gasteiger partial charge in [0.05, 0.1) is 17.7 Å². The van der Waals surface area contributed by atoms with E-state index in [1.54, 1.807) is 14.0 Å². The Labute approximate surface area is 128 Å². The van der Waals surface area contributed by atoms with E-state index >= 15 is 0 Å². The molecule has 0 radical (unpaired) electrons. The second kappa shape index (κ2) is 7.09. The lowest BCUT2D eigenvalue weighted by Crippen LogP contribution is -2.30. The van der Waals surface area contributed by atoms with Gasteiger partial charge in [-0.2, -0.15) is 0 Å². The Morgan fingerprint density at radius 2 is 2.10 bits per heavy atom. The molecular weight excluding hydrogens is 322 g/mol. The van der Waals surface area contributed by atoms with Crippen molar-refractivity contribution in [2.45, 2.75) is 44.8 Å². The number of methoxy groups -OCH3 is 1. The van der Waals surface area contributed by atoms with Crippen molar-refractivity contribution in [1.29, 1.82) is 0 Å². The van der Waals surface area contributed by atoms with E-state index in [4.69, 9.17) is 9.47 Å². The number of benzene rings is 1. The molecule has 2 rings (SSSR count). The molecule has 1 saturated carbocycles. The second-order valence-corrected chi connectivity index (χ2v) is 5.88. The van der Waals surface area contributed by atoms with Crippen LogP contribution in [0.2, 0.25) is 0 Å². The minimum atomic E-state index is -0.432. The molecule has 1 aromatic carbocycles. The van der Waals surface area contributed by atoms with Crippen LogP contribution in [0.5, 0.6) is 5.75 Å². The van der Waals surface area contributed by atoms with Gasteiger partial charge in [-0.3, -0.25) is 4.79 Å². The maximum atomic E-state index is 12.1. The van der Waals surface area contributed by atoms with E-state index in [0.29, 0.717) is 0 Å². The molecule has 0 heterocycles. The van der Waals surface area contributed by atoms with Crippen molar-refractivity contribution < 1.29 is 14.3 Å². The van der Waals surface area contributed by atoms with Crippen LogP contribution in [0.15, 0.2) is 22.7 Å². The van der Waals surface area contributed by atoms with Gasteiger partial charge in [0.1, 0.15) is 11.9 Å². The maximum Gasteiger partial charge on any atom is 0.253 e. The SMILES string of the molecule is COc1ccc(NC(=O)[C@@H](C)OC2CCCC2)cc1Br. The largest absolute Gasteiger partial charge is 0.496 e. The van der Waals surface area contributed by atoms with Crippen LogP contribution in [-0.4, -0.2) is 25.2 Å². The highest BCUT2D eigenvalue weighted by Crippen LogP contribution is 2.28. The van der Waals surface area contributed by atoms with Crippen LogP contribution < -0.4 is 10.1 Å². The van der Waals surface area contributed by atoms with Crippen LogP contribution in [0.1, 0.15) is 32.6 Å². The number of ether oxygens (including phenoxy) is 2. The lowest BCUT2D eigenvalue weighted by molar-refractivity contribution is -0.129. The second-order valence-electron chi connectivity index (χ2n) is 5.02. The van der Waals surface area contributed by atoms with Gasteiger partial charge >= 0.3 is 0 Å². The van der Waals surface area contributed by atoms with Gasteiger partial charge in [0.15, 0.2) is 0 Å². The molecule has 0 unspecified atom stereocenters. The average Bonchev–Trinajstić information content (AvgIpc) is 2.91. The highest BCUT2D eigenvalue weighted by atomic mass is 79.9. The number of amides is 1. The first-order valence-corrected chi connectivity index (χ1v) is 7.69. The van der Waals surface area contributed by atoms with Crippen LogP contribution in [0.25, 0.3) is 0 Å². The number of carbonyl (C=O) groups is 1. The summed E-state index contributed by atoms with van der Waals surface area (Å²) < 4.78 is 11.7. The summed E-state index contributed by atoms with van der Waals surface area (Å²) in [6, 6.07) is 5.44. The van der Waals surface area contributed by atoms with Crippen LogP contribution in [0.4, 0.5) is 5.69 Å². The van der Waals surface area contributed by atoms with Gasteiger partial charge in [-0.05, 0) is 53.9 Å². The molecule has 20 heavy (non-hydrogen) atoms. The molecule has 1 fully saturated rings. The van der Waals surface area contributed by atoms with Crippen molar-refractivity contribution in [3.63, 3.8) is 0 Å². The third-order valence-electron chi connectivity index (χ3n) is 3.49. The molecule has 0 aliphatic heterocycles. The van der Waals surface area contributed by atoms with Gasteiger partial charge in [-0.1, -0.05) is 12.8 Å². The summed E-state index contributed by atoms with van der Waals surface area (Å²) in [6.07, 6.45) is 4.32. The van der Waals surface area contributed by atoms with E-state index in [2.05, 4.69) is 21.2 Å². The van der Waals surface area contributed by atoms with E-state index in [-0.39, 0.29) is 12.0 Å². The molecule has 1 aromatic rings. The first kappa shape index (κ1) is 15.3. The number of anilines is 1. The average molecular weight is 342 g/mol. The summed E-state index contributed by atoms with van der Waals surface area (Å²) in [5, 5.41) is 2.86. The molecule has 0 spiro atoms. The third kappa shape index (κ3) is 3.96. The van der Waals surface area contributed by atoms with Gasteiger partial charge in [-0.25, -0.2) is 0 Å². The molecule has 1 aliphatic rings. The van der Waals surface area contributed by atoms with Crippen molar-refractivity contribution in [3.05, 3.63) is 22.7 Å². The normalized spacial score (nSPS) is 16.9. The number of rotatable bonds is 5. The Morgan fingerprint density at radius 1 is 1.40 bits per heavy atom. The van der Waals surface area contributed by atoms with Crippen LogP contribution in [0, 0.1) is 0 Å². The molecule has 110 valence electrons. The van der Waals surface area contributed by atoms with E-state index in [1.165, 1.54) is 12.8 Å². The Kier molecular flexibility index (Phi) is 5.43. The molecule has 1 N–H and O–H groups in total. The van der Waals surface area contributed by atoms with Gasteiger partial charge in [-0.15, -0.1) is 0 Å². The molecule has 0 aromatic heterocycles. The number of carbonyl (C=O) groups excluding carboxylic acids is 1. The molecule has 5 heteroatoms. The van der Waals surface area contributed by atoms with Crippen LogP contribution in [0.3, 0.4) is 0 Å². The monoisotopic (exact) mass is 341 g/mol. The zero-order valence-electron chi connectivity index (χ0n) is 11.8. The summed E-state index contributed by atoms with van der Waals surface area (Å²) in [5.74, 6) is 0.618. The molecule has 0 bridgehead atoms. The predicted octanol–water partition coefficient (Wildman–Crippen LogP) is 3.74. The number of halogens is 1. The van der Waals surface area contributed by atoms with Crippen molar-refractivity contribution in [3.8, 4) is 5.75 Å². The summed E-state index contributed by atoms with van der Waals surface area (Å²) in [4.78, 5) is 12.1. The topological polar surface area (TPSA) is 47.6 Å². The molecule has 1 amide bonds. The molecule has 1 aliphatic carbocycles. The predicted molar refractivity (Wildman–Crippen MR) is 82.1 cm³/mol. The van der Waals surface area contributed by atoms with Gasteiger partial charge < -0.3 is 14.8 Å². The Hall–Kier alpha value is -1.07. The van der Waals surface area contributed by atoms with E-state index < -0.39 is 6.10 Å². The highest BCUT2D eigenvalue weighted by molar-refractivity contribution is 9.10. The Balaban J connectivity index is 1.91. The van der Waals surface area contributed by atoms with E-state index in [0.717, 1.165) is 28.8 Å². The Bertz CT molecular complexity index is 472. The van der Waals surface area contributed by atoms with Crippen molar-refractivity contribution in [2.24, 2.45) is 0 Å². The van der Waals surface area contributed by atoms with Gasteiger partial charge in [0.25, 0.3) is 5.91 Å². The third-order valence-corrected chi connectivity index (χ3v) is 4.11. The van der Waals surface area contributed by atoms with E-state index in [9.17, 15) is 4.79 Å². The summed E-state index contributed by atoms with van der Waals surface area (Å²) in [5.41, 5.74) is 0.726. The number of nitrogens with one attached hydrogen (secondary N) is 1. The highest BCUT2D eigenvalue weighted by Gasteiger charge is 2.22. The number of hydrogen-bond acceptors (Lipinski definition) is 3. The van der Waals surface area contributed by atoms with Gasteiger partial charge in [0, 0.05) is 5.69 Å². The summed E-state index contributed by atoms with van der Waals surface area (Å²) >= 11 is 3.40. The fourth-order valence-corrected chi connectivity index (χ4v) is 2.90. The summed E-state index contributed by atoms with van der Waals surface area (Å²) in [7, 11) is 1.61. The number of hydrogen-bond donors (Lipinski definition) is 1. The summed E-state index contributed by atoms with van der Waals surface area (Å²) in [6.45, 7) is 1.80. The van der Waals surface area contributed by atoms with E-state index in [1.807, 2.05) is 18.2 Å². The minimum absolute atomic E-state index is 0.117. The smallest absolute Gasteiger partial charge is 0.253 e.